The Hall–Kier alpha value is -2.61. The van der Waals surface area contributed by atoms with Gasteiger partial charge in [-0.2, -0.15) is 0 Å². The first-order valence-corrected chi connectivity index (χ1v) is 10.4. The Morgan fingerprint density at radius 1 is 1.43 bits per heavy atom. The fraction of sp³-hybridized carbons (Fsp3) is 0.400. The molecule has 1 aliphatic carbocycles. The van der Waals surface area contributed by atoms with Crippen LogP contribution in [0.5, 0.6) is 5.88 Å². The molecule has 0 radical (unpaired) electrons. The number of pyridine rings is 1. The van der Waals surface area contributed by atoms with Crippen molar-refractivity contribution in [2.75, 3.05) is 20.2 Å². The highest BCUT2D eigenvalue weighted by atomic mass is 32.2. The SMILES string of the molecule is CCNC(=NC)NSn1cc(-c2cccnc2OCCCC2=CCCC=C2)[nH]1. The van der Waals surface area contributed by atoms with Gasteiger partial charge in [-0.05, 0) is 44.7 Å². The summed E-state index contributed by atoms with van der Waals surface area (Å²) in [6, 6.07) is 3.93. The molecule has 28 heavy (non-hydrogen) atoms. The highest BCUT2D eigenvalue weighted by Gasteiger charge is 2.12. The number of aliphatic imine (C=N–C) groups is 1. The van der Waals surface area contributed by atoms with Gasteiger partial charge in [0, 0.05) is 19.8 Å². The molecule has 0 bridgehead atoms. The Morgan fingerprint density at radius 2 is 2.32 bits per heavy atom. The van der Waals surface area contributed by atoms with Gasteiger partial charge in [0.1, 0.15) is 0 Å². The largest absolute Gasteiger partial charge is 0.477 e. The number of hydrogen-bond donors (Lipinski definition) is 3. The zero-order chi connectivity index (χ0) is 19.6. The van der Waals surface area contributed by atoms with E-state index >= 15 is 0 Å². The Kier molecular flexibility index (Phi) is 7.66. The predicted molar refractivity (Wildman–Crippen MR) is 116 cm³/mol. The van der Waals surface area contributed by atoms with Crippen LogP contribution in [-0.4, -0.2) is 40.3 Å². The number of allylic oxidation sites excluding steroid dienone is 4. The van der Waals surface area contributed by atoms with Gasteiger partial charge >= 0.3 is 0 Å². The average Bonchev–Trinajstić information content (AvgIpc) is 2.71. The van der Waals surface area contributed by atoms with Crippen LogP contribution < -0.4 is 14.8 Å². The first-order valence-electron chi connectivity index (χ1n) is 9.65. The summed E-state index contributed by atoms with van der Waals surface area (Å²) < 4.78 is 11.0. The fourth-order valence-electron chi connectivity index (χ4n) is 2.84. The lowest BCUT2D eigenvalue weighted by atomic mass is 10.0. The van der Waals surface area contributed by atoms with Crippen molar-refractivity contribution in [3.63, 3.8) is 0 Å². The predicted octanol–water partition coefficient (Wildman–Crippen LogP) is 3.91. The van der Waals surface area contributed by atoms with E-state index in [0.29, 0.717) is 12.5 Å². The van der Waals surface area contributed by atoms with E-state index in [2.05, 4.69) is 43.3 Å². The molecule has 2 heterocycles. The first kappa shape index (κ1) is 20.1. The minimum Gasteiger partial charge on any atom is -0.477 e. The van der Waals surface area contributed by atoms with E-state index in [1.165, 1.54) is 17.7 Å². The second-order valence-electron chi connectivity index (χ2n) is 6.34. The van der Waals surface area contributed by atoms with Gasteiger partial charge in [0.2, 0.25) is 11.8 Å². The molecule has 2 aromatic heterocycles. The number of guanidine groups is 1. The van der Waals surface area contributed by atoms with Gasteiger partial charge in [-0.15, -0.1) is 0 Å². The summed E-state index contributed by atoms with van der Waals surface area (Å²) in [7, 11) is 1.75. The second-order valence-corrected chi connectivity index (χ2v) is 7.12. The number of nitrogens with one attached hydrogen (secondary N) is 3. The van der Waals surface area contributed by atoms with Crippen molar-refractivity contribution < 1.29 is 4.74 Å². The molecule has 8 heteroatoms. The molecule has 3 N–H and O–H groups in total. The highest BCUT2D eigenvalue weighted by molar-refractivity contribution is 7.96. The van der Waals surface area contributed by atoms with E-state index in [1.54, 1.807) is 13.2 Å². The van der Waals surface area contributed by atoms with Crippen molar-refractivity contribution in [2.24, 2.45) is 4.99 Å². The number of ether oxygens (including phenoxy) is 1. The molecule has 1 aliphatic rings. The maximum atomic E-state index is 5.95. The maximum Gasteiger partial charge on any atom is 0.222 e. The molecule has 3 rings (SSSR count). The molecule has 0 amide bonds. The third kappa shape index (κ3) is 5.69. The van der Waals surface area contributed by atoms with Gasteiger partial charge in [-0.3, -0.25) is 14.8 Å². The summed E-state index contributed by atoms with van der Waals surface area (Å²) in [5, 5.41) is 6.42. The minimum atomic E-state index is 0.654. The molecule has 0 spiro atoms. The molecule has 2 aromatic rings. The first-order chi connectivity index (χ1) is 13.8. The van der Waals surface area contributed by atoms with E-state index < -0.39 is 0 Å². The van der Waals surface area contributed by atoms with Crippen molar-refractivity contribution in [3.05, 3.63) is 48.3 Å². The number of hydrogen-bond acceptors (Lipinski definition) is 4. The highest BCUT2D eigenvalue weighted by Crippen LogP contribution is 2.28. The van der Waals surface area contributed by atoms with Gasteiger partial charge in [-0.25, -0.2) is 9.07 Å². The van der Waals surface area contributed by atoms with Crippen molar-refractivity contribution in [3.8, 4) is 17.1 Å². The maximum absolute atomic E-state index is 5.95. The lowest BCUT2D eigenvalue weighted by molar-refractivity contribution is 0.300. The summed E-state index contributed by atoms with van der Waals surface area (Å²) in [5.41, 5.74) is 3.35. The summed E-state index contributed by atoms with van der Waals surface area (Å²) in [6.07, 6.45) is 14.9. The molecule has 0 saturated carbocycles. The topological polar surface area (TPSA) is 79.3 Å². The molecule has 0 atom stereocenters. The quantitative estimate of drug-likeness (QED) is 0.257. The van der Waals surface area contributed by atoms with Gasteiger partial charge in [0.05, 0.1) is 36.2 Å². The standard InChI is InChI=1S/C20H28N6OS/c1-3-22-20(21-2)25-28-26-15-18(24-26)17-12-7-13-23-19(17)27-14-8-11-16-9-5-4-6-10-16/h5,7,9-10,12-13,15,24H,3-4,6,8,11,14H2,1-2H3,(H2,21,22,25). The smallest absolute Gasteiger partial charge is 0.222 e. The summed E-state index contributed by atoms with van der Waals surface area (Å²) in [4.78, 5) is 8.54. The van der Waals surface area contributed by atoms with Crippen LogP contribution >= 0.6 is 12.1 Å². The molecule has 0 unspecified atom stereocenters. The van der Waals surface area contributed by atoms with E-state index in [0.717, 1.165) is 49.4 Å². The normalized spacial score (nSPS) is 14.1. The van der Waals surface area contributed by atoms with Crippen LogP contribution in [0, 0.1) is 0 Å². The van der Waals surface area contributed by atoms with E-state index in [4.69, 9.17) is 4.74 Å². The third-order valence-electron chi connectivity index (χ3n) is 4.27. The number of aromatic amines is 1. The Labute approximate surface area is 170 Å². The zero-order valence-electron chi connectivity index (χ0n) is 16.4. The van der Waals surface area contributed by atoms with E-state index in [1.807, 2.05) is 29.3 Å². The molecule has 0 saturated heterocycles. The van der Waals surface area contributed by atoms with E-state index in [-0.39, 0.29) is 0 Å². The van der Waals surface area contributed by atoms with Crippen LogP contribution in [0.1, 0.15) is 32.6 Å². The van der Waals surface area contributed by atoms with Crippen molar-refractivity contribution in [2.45, 2.75) is 32.6 Å². The molecule has 0 aromatic carbocycles. The molecular weight excluding hydrogens is 372 g/mol. The average molecular weight is 401 g/mol. The van der Waals surface area contributed by atoms with Gasteiger partial charge in [0.15, 0.2) is 0 Å². The molecular formula is C20H28N6OS. The van der Waals surface area contributed by atoms with Gasteiger partial charge in [0.25, 0.3) is 0 Å². The zero-order valence-corrected chi connectivity index (χ0v) is 17.3. The lowest BCUT2D eigenvalue weighted by Crippen LogP contribution is -2.34. The minimum absolute atomic E-state index is 0.654. The summed E-state index contributed by atoms with van der Waals surface area (Å²) in [5.74, 6) is 1.40. The monoisotopic (exact) mass is 400 g/mol. The summed E-state index contributed by atoms with van der Waals surface area (Å²) >= 11 is 1.41. The second kappa shape index (κ2) is 10.7. The van der Waals surface area contributed by atoms with Crippen molar-refractivity contribution >= 4 is 18.1 Å². The third-order valence-corrected chi connectivity index (χ3v) is 4.95. The van der Waals surface area contributed by atoms with Crippen molar-refractivity contribution in [1.29, 1.82) is 0 Å². The molecule has 0 aliphatic heterocycles. The van der Waals surface area contributed by atoms with E-state index in [9.17, 15) is 0 Å². The fourth-order valence-corrected chi connectivity index (χ4v) is 3.49. The van der Waals surface area contributed by atoms with Crippen LogP contribution in [-0.2, 0) is 0 Å². The number of nitrogens with zero attached hydrogens (tertiary/aromatic N) is 3. The van der Waals surface area contributed by atoms with Crippen LogP contribution in [0.2, 0.25) is 0 Å². The Balaban J connectivity index is 1.50. The van der Waals surface area contributed by atoms with Crippen LogP contribution in [0.3, 0.4) is 0 Å². The van der Waals surface area contributed by atoms with Crippen LogP contribution in [0.15, 0.2) is 53.3 Å². The molecule has 150 valence electrons. The Bertz CT molecular complexity index is 823. The lowest BCUT2D eigenvalue weighted by Gasteiger charge is -2.17. The number of rotatable bonds is 9. The molecule has 0 fully saturated rings. The number of aromatic nitrogens is 3. The molecule has 7 nitrogen and oxygen atoms in total. The number of H-pyrrole nitrogens is 1. The summed E-state index contributed by atoms with van der Waals surface area (Å²) in [6.45, 7) is 3.50. The van der Waals surface area contributed by atoms with Gasteiger partial charge in [-0.1, -0.05) is 23.8 Å². The Morgan fingerprint density at radius 3 is 3.07 bits per heavy atom. The van der Waals surface area contributed by atoms with Crippen molar-refractivity contribution in [1.82, 2.24) is 24.2 Å². The van der Waals surface area contributed by atoms with Crippen LogP contribution in [0.4, 0.5) is 0 Å². The van der Waals surface area contributed by atoms with Crippen LogP contribution in [0.25, 0.3) is 11.3 Å². The van der Waals surface area contributed by atoms with Gasteiger partial charge < -0.3 is 10.1 Å².